The highest BCUT2D eigenvalue weighted by Gasteiger charge is 2.30. The van der Waals surface area contributed by atoms with Crippen molar-refractivity contribution in [3.8, 4) is 0 Å². The highest BCUT2D eigenvalue weighted by molar-refractivity contribution is 5.95. The number of carbonyl (C=O) groups is 1. The van der Waals surface area contributed by atoms with Gasteiger partial charge < -0.3 is 23.4 Å². The van der Waals surface area contributed by atoms with Gasteiger partial charge in [-0.2, -0.15) is 0 Å². The van der Waals surface area contributed by atoms with Crippen molar-refractivity contribution in [2.75, 3.05) is 31.1 Å². The average Bonchev–Trinajstić information content (AvgIpc) is 3.56. The topological polar surface area (TPSA) is 109 Å². The monoisotopic (exact) mass is 457 g/mol. The summed E-state index contributed by atoms with van der Waals surface area (Å²) in [6, 6.07) is 1.80. The van der Waals surface area contributed by atoms with Crippen LogP contribution in [0, 0.1) is 19.7 Å². The summed E-state index contributed by atoms with van der Waals surface area (Å²) in [5, 5.41) is 9.60. The molecule has 1 N–H and O–H groups in total. The van der Waals surface area contributed by atoms with Crippen molar-refractivity contribution in [3.05, 3.63) is 61.6 Å². The van der Waals surface area contributed by atoms with Gasteiger partial charge in [0.2, 0.25) is 5.43 Å². The number of piperazine rings is 1. The van der Waals surface area contributed by atoms with E-state index < -0.39 is 23.0 Å². The quantitative estimate of drug-likeness (QED) is 0.623. The smallest absolute Gasteiger partial charge is 0.477 e. The van der Waals surface area contributed by atoms with Crippen LogP contribution in [0.1, 0.15) is 46.3 Å². The Morgan fingerprint density at radius 2 is 1.85 bits per heavy atom. The molecule has 0 atom stereocenters. The molecule has 3 heterocycles. The Balaban J connectivity index is 1.47. The molecule has 10 heteroatoms. The van der Waals surface area contributed by atoms with Crippen LogP contribution in [-0.4, -0.2) is 46.7 Å². The molecule has 5 rings (SSSR count). The summed E-state index contributed by atoms with van der Waals surface area (Å²) < 4.78 is 27.3. The van der Waals surface area contributed by atoms with Crippen LogP contribution < -0.4 is 16.2 Å². The molecule has 2 aliphatic rings. The number of halogens is 1. The molecule has 1 saturated carbocycles. The number of aryl methyl sites for hydroxylation is 2. The minimum atomic E-state index is -1.31. The number of pyridine rings is 1. The molecule has 0 radical (unpaired) electrons. The van der Waals surface area contributed by atoms with Gasteiger partial charge in [0.25, 0.3) is 0 Å². The van der Waals surface area contributed by atoms with Gasteiger partial charge >= 0.3 is 11.8 Å². The second-order valence-electron chi connectivity index (χ2n) is 8.74. The lowest BCUT2D eigenvalue weighted by molar-refractivity contribution is 0.0695. The maximum atomic E-state index is 15.5. The highest BCUT2D eigenvalue weighted by Crippen LogP contribution is 2.39. The predicted molar refractivity (Wildman–Crippen MR) is 118 cm³/mol. The van der Waals surface area contributed by atoms with E-state index in [1.165, 1.54) is 13.1 Å². The van der Waals surface area contributed by atoms with Gasteiger partial charge in [-0.05, 0) is 32.8 Å². The third-order valence-corrected chi connectivity index (χ3v) is 6.56. The first kappa shape index (κ1) is 21.4. The fraction of sp³-hybridized carbons (Fsp3) is 0.435. The molecule has 1 aliphatic heterocycles. The summed E-state index contributed by atoms with van der Waals surface area (Å²) in [4.78, 5) is 39.8. The number of hydrogen-bond donors (Lipinski definition) is 1. The molecule has 0 bridgehead atoms. The number of rotatable bonds is 5. The van der Waals surface area contributed by atoms with Gasteiger partial charge in [0, 0.05) is 44.0 Å². The number of hydrogen-bond acceptors (Lipinski definition) is 7. The van der Waals surface area contributed by atoms with Gasteiger partial charge in [0.15, 0.2) is 5.76 Å². The molecule has 2 fully saturated rings. The first-order valence-electron chi connectivity index (χ1n) is 10.9. The van der Waals surface area contributed by atoms with Crippen molar-refractivity contribution >= 4 is 22.6 Å². The van der Waals surface area contributed by atoms with Crippen LogP contribution in [0.5, 0.6) is 0 Å². The molecule has 9 nitrogen and oxygen atoms in total. The first-order valence-corrected chi connectivity index (χ1v) is 10.9. The summed E-state index contributed by atoms with van der Waals surface area (Å²) in [5.74, 6) is -1.58. The number of aromatic carboxylic acids is 1. The van der Waals surface area contributed by atoms with E-state index in [0.717, 1.165) is 12.8 Å². The summed E-state index contributed by atoms with van der Waals surface area (Å²) in [7, 11) is 0. The van der Waals surface area contributed by atoms with Crippen molar-refractivity contribution in [3.63, 3.8) is 0 Å². The number of nitrogens with zero attached hydrogens (tertiary/aromatic N) is 3. The zero-order chi connectivity index (χ0) is 23.4. The third kappa shape index (κ3) is 3.74. The average molecular weight is 457 g/mol. The zero-order valence-electron chi connectivity index (χ0n) is 18.4. The van der Waals surface area contributed by atoms with E-state index in [2.05, 4.69) is 4.90 Å². The van der Waals surface area contributed by atoms with Crippen molar-refractivity contribution in [1.82, 2.24) is 9.47 Å². The molecule has 1 aliphatic carbocycles. The second kappa shape index (κ2) is 7.87. The Hall–Kier alpha value is -3.40. The lowest BCUT2D eigenvalue weighted by Gasteiger charge is -2.36. The van der Waals surface area contributed by atoms with Crippen LogP contribution in [0.3, 0.4) is 0 Å². The Kier molecular flexibility index (Phi) is 5.12. The molecule has 2 aromatic heterocycles. The molecular weight excluding hydrogens is 433 g/mol. The van der Waals surface area contributed by atoms with Crippen LogP contribution in [0.4, 0.5) is 10.1 Å². The van der Waals surface area contributed by atoms with Gasteiger partial charge in [-0.25, -0.2) is 14.0 Å². The van der Waals surface area contributed by atoms with E-state index in [1.807, 2.05) is 9.47 Å². The number of carboxylic acids is 1. The largest absolute Gasteiger partial charge is 0.519 e. The Morgan fingerprint density at radius 1 is 1.15 bits per heavy atom. The Labute approximate surface area is 187 Å². The third-order valence-electron chi connectivity index (χ3n) is 6.56. The standard InChI is InChI=1S/C23H24FN3O6/c1-12-19-16(27(14-3-4-14)10-15(21(19)28)22(29)30)9-17(20(12)24)26-7-5-25(6-8-26)11-18-13(2)32-23(31)33-18/h9-10,14H,3-8,11H2,1-2H3,(H,29,30). The number of aromatic nitrogens is 1. The lowest BCUT2D eigenvalue weighted by atomic mass is 10.0. The summed E-state index contributed by atoms with van der Waals surface area (Å²) in [6.45, 7) is 5.98. The molecule has 0 amide bonds. The normalized spacial score (nSPS) is 17.1. The van der Waals surface area contributed by atoms with Gasteiger partial charge in [-0.3, -0.25) is 9.69 Å². The van der Waals surface area contributed by atoms with Gasteiger partial charge in [0.05, 0.1) is 23.1 Å². The van der Waals surface area contributed by atoms with Crippen LogP contribution in [0.15, 0.2) is 30.7 Å². The summed E-state index contributed by atoms with van der Waals surface area (Å²) in [5.41, 5.74) is 0.156. The highest BCUT2D eigenvalue weighted by atomic mass is 19.1. The van der Waals surface area contributed by atoms with Crippen molar-refractivity contribution in [2.24, 2.45) is 0 Å². The van der Waals surface area contributed by atoms with Gasteiger partial charge in [-0.15, -0.1) is 0 Å². The maximum absolute atomic E-state index is 15.5. The van der Waals surface area contributed by atoms with Crippen molar-refractivity contribution < 1.29 is 23.1 Å². The number of carboxylic acid groups (broad SMARTS) is 1. The number of anilines is 1. The van der Waals surface area contributed by atoms with Crippen LogP contribution >= 0.6 is 0 Å². The fourth-order valence-electron chi connectivity index (χ4n) is 4.56. The molecule has 0 spiro atoms. The predicted octanol–water partition coefficient (Wildman–Crippen LogP) is 2.66. The summed E-state index contributed by atoms with van der Waals surface area (Å²) in [6.07, 6.45) is 3.18. The molecule has 0 unspecified atom stereocenters. The van der Waals surface area contributed by atoms with Crippen LogP contribution in [0.25, 0.3) is 10.9 Å². The molecule has 3 aromatic rings. The first-order chi connectivity index (χ1) is 15.7. The van der Waals surface area contributed by atoms with E-state index in [0.29, 0.717) is 55.4 Å². The second-order valence-corrected chi connectivity index (χ2v) is 8.74. The minimum absolute atomic E-state index is 0.119. The number of fused-ring (bicyclic) bond motifs is 1. The van der Waals surface area contributed by atoms with E-state index >= 15 is 4.39 Å². The lowest BCUT2D eigenvalue weighted by Crippen LogP contribution is -2.46. The van der Waals surface area contributed by atoms with Crippen LogP contribution in [0.2, 0.25) is 0 Å². The van der Waals surface area contributed by atoms with Crippen molar-refractivity contribution in [1.29, 1.82) is 0 Å². The SMILES string of the molecule is Cc1oc(=O)oc1CN1CCN(c2cc3c(c(C)c2F)c(=O)c(C(=O)O)cn3C2CC2)CC1. The van der Waals surface area contributed by atoms with Crippen LogP contribution in [-0.2, 0) is 6.54 Å². The zero-order valence-corrected chi connectivity index (χ0v) is 18.4. The van der Waals surface area contributed by atoms with E-state index in [9.17, 15) is 19.5 Å². The molecule has 1 saturated heterocycles. The van der Waals surface area contributed by atoms with E-state index in [1.54, 1.807) is 13.0 Å². The maximum Gasteiger partial charge on any atom is 0.519 e. The molecule has 33 heavy (non-hydrogen) atoms. The van der Waals surface area contributed by atoms with E-state index in [-0.39, 0.29) is 22.6 Å². The molecule has 174 valence electrons. The van der Waals surface area contributed by atoms with Gasteiger partial charge in [-0.1, -0.05) is 0 Å². The van der Waals surface area contributed by atoms with Gasteiger partial charge in [0.1, 0.15) is 17.1 Å². The molecular formula is C23H24FN3O6. The van der Waals surface area contributed by atoms with Crippen molar-refractivity contribution in [2.45, 2.75) is 39.3 Å². The Morgan fingerprint density at radius 3 is 2.42 bits per heavy atom. The molecule has 1 aromatic carbocycles. The fourth-order valence-corrected chi connectivity index (χ4v) is 4.56. The summed E-state index contributed by atoms with van der Waals surface area (Å²) >= 11 is 0. The number of benzene rings is 1. The Bertz CT molecular complexity index is 1380. The minimum Gasteiger partial charge on any atom is -0.477 e. The van der Waals surface area contributed by atoms with E-state index in [4.69, 9.17) is 8.83 Å².